The molecule has 1 aliphatic heterocycles. The first-order valence-electron chi connectivity index (χ1n) is 5.61. The zero-order valence-corrected chi connectivity index (χ0v) is 9.19. The van der Waals surface area contributed by atoms with Crippen molar-refractivity contribution in [3.8, 4) is 6.07 Å². The molecule has 1 heterocycles. The molecule has 0 spiro atoms. The molecule has 84 valence electrons. The molecular weight excluding hydrogens is 202 g/mol. The summed E-state index contributed by atoms with van der Waals surface area (Å²) in [5.74, 6) is 0. The van der Waals surface area contributed by atoms with Crippen LogP contribution in [-0.4, -0.2) is 12.9 Å². The SMILES string of the molecule is N#Cc1cccc(CO[C@@H]2CCCCO2)c1. The lowest BCUT2D eigenvalue weighted by Crippen LogP contribution is -2.21. The van der Waals surface area contributed by atoms with Crippen molar-refractivity contribution in [3.63, 3.8) is 0 Å². The van der Waals surface area contributed by atoms with Crippen molar-refractivity contribution in [2.24, 2.45) is 0 Å². The van der Waals surface area contributed by atoms with Crippen molar-refractivity contribution in [2.45, 2.75) is 32.2 Å². The molecule has 2 rings (SSSR count). The van der Waals surface area contributed by atoms with Gasteiger partial charge in [0.25, 0.3) is 0 Å². The molecule has 0 N–H and O–H groups in total. The number of nitriles is 1. The summed E-state index contributed by atoms with van der Waals surface area (Å²) in [7, 11) is 0. The number of hydrogen-bond acceptors (Lipinski definition) is 3. The van der Waals surface area contributed by atoms with E-state index in [9.17, 15) is 0 Å². The fourth-order valence-corrected chi connectivity index (χ4v) is 1.76. The van der Waals surface area contributed by atoms with Crippen LogP contribution in [0.5, 0.6) is 0 Å². The van der Waals surface area contributed by atoms with Gasteiger partial charge in [-0.3, -0.25) is 0 Å². The van der Waals surface area contributed by atoms with E-state index in [0.717, 1.165) is 25.0 Å². The molecule has 1 aliphatic rings. The Morgan fingerprint density at radius 3 is 3.12 bits per heavy atom. The third-order valence-corrected chi connectivity index (χ3v) is 2.63. The van der Waals surface area contributed by atoms with Crippen LogP contribution in [0.4, 0.5) is 0 Å². The smallest absolute Gasteiger partial charge is 0.158 e. The molecule has 1 aromatic rings. The van der Waals surface area contributed by atoms with Crippen LogP contribution in [0.25, 0.3) is 0 Å². The number of nitrogens with zero attached hydrogens (tertiary/aromatic N) is 1. The highest BCUT2D eigenvalue weighted by Crippen LogP contribution is 2.15. The molecule has 1 aromatic carbocycles. The molecule has 0 aliphatic carbocycles. The van der Waals surface area contributed by atoms with Crippen molar-refractivity contribution in [1.82, 2.24) is 0 Å². The van der Waals surface area contributed by atoms with Gasteiger partial charge in [0.1, 0.15) is 0 Å². The van der Waals surface area contributed by atoms with E-state index in [1.807, 2.05) is 18.2 Å². The van der Waals surface area contributed by atoms with E-state index in [1.54, 1.807) is 6.07 Å². The Balaban J connectivity index is 1.86. The second kappa shape index (κ2) is 5.64. The number of rotatable bonds is 3. The zero-order chi connectivity index (χ0) is 11.2. The maximum Gasteiger partial charge on any atom is 0.158 e. The third kappa shape index (κ3) is 3.06. The monoisotopic (exact) mass is 217 g/mol. The first kappa shape index (κ1) is 11.1. The first-order valence-corrected chi connectivity index (χ1v) is 5.61. The molecule has 1 saturated heterocycles. The van der Waals surface area contributed by atoms with Crippen LogP contribution in [-0.2, 0) is 16.1 Å². The van der Waals surface area contributed by atoms with Crippen LogP contribution in [0.3, 0.4) is 0 Å². The fraction of sp³-hybridized carbons (Fsp3) is 0.462. The summed E-state index contributed by atoms with van der Waals surface area (Å²) in [4.78, 5) is 0. The number of ether oxygens (including phenoxy) is 2. The highest BCUT2D eigenvalue weighted by molar-refractivity contribution is 5.32. The highest BCUT2D eigenvalue weighted by Gasteiger charge is 2.13. The van der Waals surface area contributed by atoms with Crippen molar-refractivity contribution >= 4 is 0 Å². The fourth-order valence-electron chi connectivity index (χ4n) is 1.76. The Kier molecular flexibility index (Phi) is 3.92. The van der Waals surface area contributed by atoms with E-state index < -0.39 is 0 Å². The molecule has 0 unspecified atom stereocenters. The number of hydrogen-bond donors (Lipinski definition) is 0. The normalized spacial score (nSPS) is 20.3. The minimum Gasteiger partial charge on any atom is -0.353 e. The van der Waals surface area contributed by atoms with Gasteiger partial charge >= 0.3 is 0 Å². The highest BCUT2D eigenvalue weighted by atomic mass is 16.7. The van der Waals surface area contributed by atoms with E-state index in [2.05, 4.69) is 6.07 Å². The van der Waals surface area contributed by atoms with Gasteiger partial charge in [-0.1, -0.05) is 12.1 Å². The van der Waals surface area contributed by atoms with Gasteiger partial charge in [0.15, 0.2) is 6.29 Å². The Morgan fingerprint density at radius 1 is 1.44 bits per heavy atom. The van der Waals surface area contributed by atoms with Gasteiger partial charge in [0, 0.05) is 6.61 Å². The van der Waals surface area contributed by atoms with E-state index in [1.165, 1.54) is 6.42 Å². The summed E-state index contributed by atoms with van der Waals surface area (Å²) in [5.41, 5.74) is 1.69. The topological polar surface area (TPSA) is 42.2 Å². The molecule has 1 fully saturated rings. The van der Waals surface area contributed by atoms with Crippen LogP contribution in [0, 0.1) is 11.3 Å². The van der Waals surface area contributed by atoms with Crippen LogP contribution in [0.1, 0.15) is 30.4 Å². The summed E-state index contributed by atoms with van der Waals surface area (Å²) >= 11 is 0. The predicted octanol–water partition coefficient (Wildman–Crippen LogP) is 2.60. The molecule has 1 atom stereocenters. The molecule has 0 saturated carbocycles. The third-order valence-electron chi connectivity index (χ3n) is 2.63. The van der Waals surface area contributed by atoms with Gasteiger partial charge in [-0.15, -0.1) is 0 Å². The Bertz CT molecular complexity index is 378. The lowest BCUT2D eigenvalue weighted by atomic mass is 10.1. The Hall–Kier alpha value is -1.37. The minimum atomic E-state index is -0.0699. The predicted molar refractivity (Wildman–Crippen MR) is 59.5 cm³/mol. The molecular formula is C13H15NO2. The van der Waals surface area contributed by atoms with Crippen molar-refractivity contribution in [2.75, 3.05) is 6.61 Å². The maximum atomic E-state index is 8.76. The van der Waals surface area contributed by atoms with Gasteiger partial charge in [-0.2, -0.15) is 5.26 Å². The summed E-state index contributed by atoms with van der Waals surface area (Å²) in [6.45, 7) is 1.31. The molecule has 3 heteroatoms. The van der Waals surface area contributed by atoms with Gasteiger partial charge in [-0.05, 0) is 37.0 Å². The van der Waals surface area contributed by atoms with Crippen LogP contribution < -0.4 is 0 Å². The molecule has 0 bridgehead atoms. The largest absolute Gasteiger partial charge is 0.353 e. The lowest BCUT2D eigenvalue weighted by Gasteiger charge is -2.22. The average Bonchev–Trinajstić information content (AvgIpc) is 2.38. The zero-order valence-electron chi connectivity index (χ0n) is 9.19. The van der Waals surface area contributed by atoms with Crippen LogP contribution in [0.2, 0.25) is 0 Å². The van der Waals surface area contributed by atoms with E-state index in [-0.39, 0.29) is 6.29 Å². The summed E-state index contributed by atoms with van der Waals surface area (Å²) < 4.78 is 11.1. The summed E-state index contributed by atoms with van der Waals surface area (Å²) in [5, 5.41) is 8.76. The second-order valence-corrected chi connectivity index (χ2v) is 3.92. The van der Waals surface area contributed by atoms with Crippen LogP contribution >= 0.6 is 0 Å². The second-order valence-electron chi connectivity index (χ2n) is 3.92. The molecule has 16 heavy (non-hydrogen) atoms. The van der Waals surface area contributed by atoms with Gasteiger partial charge < -0.3 is 9.47 Å². The van der Waals surface area contributed by atoms with E-state index >= 15 is 0 Å². The molecule has 0 radical (unpaired) electrons. The molecule has 0 amide bonds. The quantitative estimate of drug-likeness (QED) is 0.781. The summed E-state index contributed by atoms with van der Waals surface area (Å²) in [6.07, 6.45) is 3.20. The number of benzene rings is 1. The van der Waals surface area contributed by atoms with Gasteiger partial charge in [0.05, 0.1) is 18.2 Å². The summed E-state index contributed by atoms with van der Waals surface area (Å²) in [6, 6.07) is 9.60. The van der Waals surface area contributed by atoms with Crippen molar-refractivity contribution in [3.05, 3.63) is 35.4 Å². The van der Waals surface area contributed by atoms with E-state index in [0.29, 0.717) is 12.2 Å². The Morgan fingerprint density at radius 2 is 2.38 bits per heavy atom. The Labute approximate surface area is 95.6 Å². The lowest BCUT2D eigenvalue weighted by molar-refractivity contribution is -0.168. The standard InChI is InChI=1S/C13H15NO2/c14-9-11-4-3-5-12(8-11)10-16-13-6-1-2-7-15-13/h3-5,8,13H,1-2,6-7,10H2/t13-/m1/s1. The van der Waals surface area contributed by atoms with Crippen molar-refractivity contribution in [1.29, 1.82) is 5.26 Å². The van der Waals surface area contributed by atoms with Crippen LogP contribution in [0.15, 0.2) is 24.3 Å². The molecule has 3 nitrogen and oxygen atoms in total. The molecule has 0 aromatic heterocycles. The minimum absolute atomic E-state index is 0.0699. The maximum absolute atomic E-state index is 8.76. The van der Waals surface area contributed by atoms with E-state index in [4.69, 9.17) is 14.7 Å². The van der Waals surface area contributed by atoms with Gasteiger partial charge in [-0.25, -0.2) is 0 Å². The van der Waals surface area contributed by atoms with Gasteiger partial charge in [0.2, 0.25) is 0 Å². The first-order chi connectivity index (χ1) is 7.88. The van der Waals surface area contributed by atoms with Crippen molar-refractivity contribution < 1.29 is 9.47 Å². The average molecular weight is 217 g/mol.